The predicted molar refractivity (Wildman–Crippen MR) is 78.3 cm³/mol. The minimum Gasteiger partial charge on any atom is -0.508 e. The number of carbonyl (C=O) groups excluding carboxylic acids is 1. The molecule has 1 aromatic rings. The highest BCUT2D eigenvalue weighted by molar-refractivity contribution is 5.94. The number of aliphatic carboxylic acids is 1. The molecule has 1 saturated heterocycles. The van der Waals surface area contributed by atoms with E-state index in [1.54, 1.807) is 25.1 Å². The molecular weight excluding hydrogens is 270 g/mol. The first-order chi connectivity index (χ1) is 9.97. The minimum absolute atomic E-state index is 0.0187. The van der Waals surface area contributed by atoms with Crippen molar-refractivity contribution in [2.24, 2.45) is 5.92 Å². The van der Waals surface area contributed by atoms with E-state index in [0.717, 1.165) is 12.8 Å². The number of carboxylic acids is 1. The van der Waals surface area contributed by atoms with Crippen LogP contribution in [0.1, 0.15) is 41.6 Å². The summed E-state index contributed by atoms with van der Waals surface area (Å²) >= 11 is 0. The van der Waals surface area contributed by atoms with Crippen molar-refractivity contribution in [3.63, 3.8) is 0 Å². The van der Waals surface area contributed by atoms with Gasteiger partial charge in [0.2, 0.25) is 0 Å². The number of amides is 1. The molecule has 1 amide bonds. The van der Waals surface area contributed by atoms with Gasteiger partial charge >= 0.3 is 5.97 Å². The average Bonchev–Trinajstić information content (AvgIpc) is 2.48. The Morgan fingerprint density at radius 1 is 1.29 bits per heavy atom. The molecule has 21 heavy (non-hydrogen) atoms. The van der Waals surface area contributed by atoms with Crippen molar-refractivity contribution in [3.05, 3.63) is 29.3 Å². The molecule has 0 unspecified atom stereocenters. The van der Waals surface area contributed by atoms with Crippen molar-refractivity contribution in [2.45, 2.75) is 32.6 Å². The maximum absolute atomic E-state index is 12.4. The number of likely N-dealkylation sites (tertiary alicyclic amines) is 1. The van der Waals surface area contributed by atoms with Gasteiger partial charge in [-0.15, -0.1) is 0 Å². The summed E-state index contributed by atoms with van der Waals surface area (Å²) in [7, 11) is 0. The Kier molecular flexibility index (Phi) is 4.83. The van der Waals surface area contributed by atoms with Gasteiger partial charge in [0.15, 0.2) is 0 Å². The van der Waals surface area contributed by atoms with Crippen LogP contribution >= 0.6 is 0 Å². The summed E-state index contributed by atoms with van der Waals surface area (Å²) < 4.78 is 0. The van der Waals surface area contributed by atoms with Gasteiger partial charge in [-0.25, -0.2) is 0 Å². The van der Waals surface area contributed by atoms with E-state index in [0.29, 0.717) is 36.6 Å². The van der Waals surface area contributed by atoms with Crippen LogP contribution in [-0.2, 0) is 4.79 Å². The summed E-state index contributed by atoms with van der Waals surface area (Å²) in [6, 6.07) is 4.89. The SMILES string of the molecule is Cc1cc(C(=O)N2CCC(CCC(=O)O)CC2)ccc1O. The van der Waals surface area contributed by atoms with Crippen LogP contribution in [0.2, 0.25) is 0 Å². The van der Waals surface area contributed by atoms with Crippen LogP contribution in [0.15, 0.2) is 18.2 Å². The summed E-state index contributed by atoms with van der Waals surface area (Å²) in [6.07, 6.45) is 2.61. The number of benzene rings is 1. The van der Waals surface area contributed by atoms with Gasteiger partial charge in [0.05, 0.1) is 0 Å². The number of nitrogens with zero attached hydrogens (tertiary/aromatic N) is 1. The molecule has 5 nitrogen and oxygen atoms in total. The molecule has 114 valence electrons. The Labute approximate surface area is 124 Å². The second kappa shape index (κ2) is 6.61. The second-order valence-electron chi connectivity index (χ2n) is 5.67. The Bertz CT molecular complexity index is 533. The first-order valence-electron chi connectivity index (χ1n) is 7.28. The summed E-state index contributed by atoms with van der Waals surface area (Å²) in [4.78, 5) is 24.8. The average molecular weight is 291 g/mol. The molecule has 0 aromatic heterocycles. The molecule has 5 heteroatoms. The number of hydrogen-bond donors (Lipinski definition) is 2. The van der Waals surface area contributed by atoms with E-state index in [9.17, 15) is 14.7 Å². The smallest absolute Gasteiger partial charge is 0.303 e. The molecule has 2 N–H and O–H groups in total. The molecule has 1 aromatic carbocycles. The van der Waals surface area contributed by atoms with E-state index >= 15 is 0 Å². The van der Waals surface area contributed by atoms with Crippen LogP contribution < -0.4 is 0 Å². The quantitative estimate of drug-likeness (QED) is 0.893. The monoisotopic (exact) mass is 291 g/mol. The molecular formula is C16H21NO4. The van der Waals surface area contributed by atoms with Crippen molar-refractivity contribution in [1.82, 2.24) is 4.90 Å². The molecule has 1 heterocycles. The van der Waals surface area contributed by atoms with Crippen molar-refractivity contribution in [3.8, 4) is 5.75 Å². The van der Waals surface area contributed by atoms with Gasteiger partial charge in [0, 0.05) is 25.1 Å². The molecule has 0 atom stereocenters. The van der Waals surface area contributed by atoms with E-state index in [4.69, 9.17) is 5.11 Å². The Morgan fingerprint density at radius 2 is 1.95 bits per heavy atom. The number of phenolic OH excluding ortho intramolecular Hbond substituents is 1. The number of rotatable bonds is 4. The van der Waals surface area contributed by atoms with Crippen LogP contribution in [0, 0.1) is 12.8 Å². The highest BCUT2D eigenvalue weighted by Gasteiger charge is 2.24. The summed E-state index contributed by atoms with van der Waals surface area (Å²) in [6.45, 7) is 3.11. The molecule has 0 aliphatic carbocycles. The third-order valence-electron chi connectivity index (χ3n) is 4.11. The molecule has 0 spiro atoms. The van der Waals surface area contributed by atoms with Gasteiger partial charge in [-0.05, 0) is 55.9 Å². The number of carboxylic acid groups (broad SMARTS) is 1. The van der Waals surface area contributed by atoms with E-state index in [1.165, 1.54) is 0 Å². The molecule has 0 radical (unpaired) electrons. The highest BCUT2D eigenvalue weighted by Crippen LogP contribution is 2.24. The Balaban J connectivity index is 1.90. The van der Waals surface area contributed by atoms with Crippen molar-refractivity contribution in [1.29, 1.82) is 0 Å². The fourth-order valence-electron chi connectivity index (χ4n) is 2.72. The first-order valence-corrected chi connectivity index (χ1v) is 7.28. The fourth-order valence-corrected chi connectivity index (χ4v) is 2.72. The maximum atomic E-state index is 12.4. The molecule has 1 aliphatic heterocycles. The van der Waals surface area contributed by atoms with Crippen LogP contribution in [0.3, 0.4) is 0 Å². The van der Waals surface area contributed by atoms with Gasteiger partial charge in [-0.1, -0.05) is 0 Å². The largest absolute Gasteiger partial charge is 0.508 e. The van der Waals surface area contributed by atoms with E-state index in [2.05, 4.69) is 0 Å². The van der Waals surface area contributed by atoms with Gasteiger partial charge in [0.25, 0.3) is 5.91 Å². The van der Waals surface area contributed by atoms with E-state index in [1.807, 2.05) is 4.90 Å². The van der Waals surface area contributed by atoms with Crippen molar-refractivity contribution >= 4 is 11.9 Å². The third kappa shape index (κ3) is 3.97. The number of aryl methyl sites for hydroxylation is 1. The number of piperidine rings is 1. The third-order valence-corrected chi connectivity index (χ3v) is 4.11. The molecule has 1 aliphatic rings. The Morgan fingerprint density at radius 3 is 2.52 bits per heavy atom. The van der Waals surface area contributed by atoms with Gasteiger partial charge in [-0.3, -0.25) is 9.59 Å². The second-order valence-corrected chi connectivity index (χ2v) is 5.67. The standard InChI is InChI=1S/C16H21NO4/c1-11-10-13(3-4-14(11)18)16(21)17-8-6-12(7-9-17)2-5-15(19)20/h3-4,10,12,18H,2,5-9H2,1H3,(H,19,20). The van der Waals surface area contributed by atoms with Gasteiger partial charge < -0.3 is 15.1 Å². The predicted octanol–water partition coefficient (Wildman–Crippen LogP) is 2.42. The zero-order valence-corrected chi connectivity index (χ0v) is 12.2. The molecule has 1 fully saturated rings. The minimum atomic E-state index is -0.756. The van der Waals surface area contributed by atoms with Crippen molar-refractivity contribution < 1.29 is 19.8 Å². The van der Waals surface area contributed by atoms with E-state index < -0.39 is 5.97 Å². The number of carbonyl (C=O) groups is 2. The lowest BCUT2D eigenvalue weighted by Gasteiger charge is -2.32. The zero-order chi connectivity index (χ0) is 15.4. The normalized spacial score (nSPS) is 16.0. The van der Waals surface area contributed by atoms with Gasteiger partial charge in [0.1, 0.15) is 5.75 Å². The summed E-state index contributed by atoms with van der Waals surface area (Å²) in [5, 5.41) is 18.2. The number of phenols is 1. The highest BCUT2D eigenvalue weighted by atomic mass is 16.4. The van der Waals surface area contributed by atoms with Crippen molar-refractivity contribution in [2.75, 3.05) is 13.1 Å². The summed E-state index contributed by atoms with van der Waals surface area (Å²) in [5.41, 5.74) is 1.28. The summed E-state index contributed by atoms with van der Waals surface area (Å²) in [5.74, 6) is -0.187. The van der Waals surface area contributed by atoms with E-state index in [-0.39, 0.29) is 18.1 Å². The van der Waals surface area contributed by atoms with Crippen LogP contribution in [0.5, 0.6) is 5.75 Å². The molecule has 2 rings (SSSR count). The lowest BCUT2D eigenvalue weighted by atomic mass is 9.92. The maximum Gasteiger partial charge on any atom is 0.303 e. The molecule has 0 saturated carbocycles. The Hall–Kier alpha value is -2.04. The topological polar surface area (TPSA) is 77.8 Å². The van der Waals surface area contributed by atoms with Crippen LogP contribution in [-0.4, -0.2) is 40.1 Å². The molecule has 0 bridgehead atoms. The number of hydrogen-bond acceptors (Lipinski definition) is 3. The lowest BCUT2D eigenvalue weighted by Crippen LogP contribution is -2.38. The van der Waals surface area contributed by atoms with Crippen LogP contribution in [0.4, 0.5) is 0 Å². The van der Waals surface area contributed by atoms with Crippen LogP contribution in [0.25, 0.3) is 0 Å². The number of aromatic hydroxyl groups is 1. The lowest BCUT2D eigenvalue weighted by molar-refractivity contribution is -0.137. The fraction of sp³-hybridized carbons (Fsp3) is 0.500. The first kappa shape index (κ1) is 15.4. The zero-order valence-electron chi connectivity index (χ0n) is 12.2. The van der Waals surface area contributed by atoms with Gasteiger partial charge in [-0.2, -0.15) is 0 Å².